The minimum Gasteiger partial charge on any atom is -0.508 e. The van der Waals surface area contributed by atoms with E-state index in [4.69, 9.17) is 14.2 Å². The lowest BCUT2D eigenvalue weighted by Gasteiger charge is -2.25. The molecule has 0 aromatic heterocycles. The third kappa shape index (κ3) is 4.56. The molecule has 0 radical (unpaired) electrons. The van der Waals surface area contributed by atoms with E-state index in [1.807, 2.05) is 44.2 Å². The van der Waals surface area contributed by atoms with E-state index < -0.39 is 0 Å². The van der Waals surface area contributed by atoms with Crippen LogP contribution in [-0.2, 0) is 11.3 Å². The molecule has 0 heterocycles. The number of allylic oxidation sites excluding steroid dienone is 1. The average molecular weight is 358 g/mol. The summed E-state index contributed by atoms with van der Waals surface area (Å²) in [6.07, 6.45) is 3.25. The van der Waals surface area contributed by atoms with E-state index in [1.165, 1.54) is 0 Å². The van der Waals surface area contributed by atoms with Gasteiger partial charge in [0.2, 0.25) is 0 Å². The first-order valence-electron chi connectivity index (χ1n) is 8.46. The molecule has 0 spiro atoms. The Morgan fingerprint density at radius 3 is 2.46 bits per heavy atom. The van der Waals surface area contributed by atoms with Gasteiger partial charge in [0, 0.05) is 12.7 Å². The van der Waals surface area contributed by atoms with E-state index in [0.717, 1.165) is 11.1 Å². The molecule has 5 heteroatoms. The van der Waals surface area contributed by atoms with Crippen LogP contribution < -0.4 is 9.47 Å². The number of hydrogen-bond acceptors (Lipinski definition) is 5. The Labute approximate surface area is 154 Å². The molecule has 2 aromatic carbocycles. The van der Waals surface area contributed by atoms with Crippen LogP contribution in [0, 0.1) is 0 Å². The first-order valence-corrected chi connectivity index (χ1v) is 8.46. The second-order valence-corrected chi connectivity index (χ2v) is 5.94. The lowest BCUT2D eigenvalue weighted by atomic mass is 10.0. The molecule has 2 rings (SSSR count). The van der Waals surface area contributed by atoms with Crippen LogP contribution >= 0.6 is 0 Å². The van der Waals surface area contributed by atoms with Crippen molar-refractivity contribution in [3.8, 4) is 17.2 Å². The molecule has 26 heavy (non-hydrogen) atoms. The zero-order valence-corrected chi connectivity index (χ0v) is 15.6. The smallest absolute Gasteiger partial charge is 0.161 e. The number of benzene rings is 2. The van der Waals surface area contributed by atoms with E-state index in [2.05, 4.69) is 0 Å². The molecule has 0 aliphatic rings. The summed E-state index contributed by atoms with van der Waals surface area (Å²) in [6, 6.07) is 10.8. The number of methoxy groups -OCH3 is 2. The molecule has 0 bridgehead atoms. The van der Waals surface area contributed by atoms with Crippen molar-refractivity contribution >= 4 is 6.08 Å². The number of aliphatic hydroxyl groups excluding tert-OH is 1. The Hall–Kier alpha value is -2.50. The molecule has 0 fully saturated rings. The molecule has 2 atom stereocenters. The van der Waals surface area contributed by atoms with E-state index in [9.17, 15) is 10.2 Å². The fourth-order valence-electron chi connectivity index (χ4n) is 2.85. The van der Waals surface area contributed by atoms with Crippen LogP contribution in [0.1, 0.15) is 36.6 Å². The zero-order valence-electron chi connectivity index (χ0n) is 15.6. The molecule has 2 N–H and O–H groups in total. The highest BCUT2D eigenvalue weighted by atomic mass is 16.5. The maximum atomic E-state index is 9.75. The summed E-state index contributed by atoms with van der Waals surface area (Å²) in [5.74, 6) is 1.32. The summed E-state index contributed by atoms with van der Waals surface area (Å²) in [7, 11) is 3.20. The van der Waals surface area contributed by atoms with E-state index in [1.54, 1.807) is 32.4 Å². The van der Waals surface area contributed by atoms with Crippen LogP contribution in [0.5, 0.6) is 17.2 Å². The van der Waals surface area contributed by atoms with E-state index >= 15 is 0 Å². The van der Waals surface area contributed by atoms with Gasteiger partial charge in [-0.25, -0.2) is 0 Å². The van der Waals surface area contributed by atoms with Gasteiger partial charge in [-0.1, -0.05) is 24.3 Å². The molecule has 0 saturated heterocycles. The van der Waals surface area contributed by atoms with Gasteiger partial charge >= 0.3 is 0 Å². The largest absolute Gasteiger partial charge is 0.508 e. The van der Waals surface area contributed by atoms with Crippen molar-refractivity contribution in [2.24, 2.45) is 0 Å². The molecule has 2 unspecified atom stereocenters. The number of hydrogen-bond donors (Lipinski definition) is 2. The normalized spacial score (nSPS) is 13.6. The van der Waals surface area contributed by atoms with Crippen LogP contribution in [0.2, 0.25) is 0 Å². The number of aliphatic hydroxyl groups is 1. The van der Waals surface area contributed by atoms with Crippen molar-refractivity contribution in [1.82, 2.24) is 0 Å². The monoisotopic (exact) mass is 358 g/mol. The lowest BCUT2D eigenvalue weighted by Crippen LogP contribution is -2.24. The molecule has 0 saturated carbocycles. The fourth-order valence-corrected chi connectivity index (χ4v) is 2.85. The van der Waals surface area contributed by atoms with Crippen molar-refractivity contribution in [1.29, 1.82) is 0 Å². The minimum atomic E-state index is -0.374. The highest BCUT2D eigenvalue weighted by Crippen LogP contribution is 2.33. The van der Waals surface area contributed by atoms with Gasteiger partial charge in [0.1, 0.15) is 18.0 Å². The molecular formula is C21H26O5. The third-order valence-electron chi connectivity index (χ3n) is 4.14. The minimum absolute atomic E-state index is 0.0564. The molecular weight excluding hydrogens is 332 g/mol. The topological polar surface area (TPSA) is 68.2 Å². The van der Waals surface area contributed by atoms with E-state index in [-0.39, 0.29) is 24.6 Å². The van der Waals surface area contributed by atoms with Crippen molar-refractivity contribution in [2.75, 3.05) is 14.2 Å². The quantitative estimate of drug-likeness (QED) is 0.744. The fraction of sp³-hybridized carbons (Fsp3) is 0.333. The van der Waals surface area contributed by atoms with Crippen LogP contribution in [0.4, 0.5) is 0 Å². The predicted molar refractivity (Wildman–Crippen MR) is 102 cm³/mol. The second-order valence-electron chi connectivity index (χ2n) is 5.94. The standard InChI is InChI=1S/C21H26O5/c1-5-6-15-7-10-19(20(11-15)24-3)26-14(2)21(25-4)16-8-9-18(23)17(12-16)13-22/h5-12,14,21-23H,13H2,1-4H3/b6-5+. The van der Waals surface area contributed by atoms with Crippen molar-refractivity contribution in [3.05, 3.63) is 59.2 Å². The predicted octanol–water partition coefficient (Wildman–Crippen LogP) is 4.08. The molecule has 0 aliphatic heterocycles. The van der Waals surface area contributed by atoms with Gasteiger partial charge in [0.05, 0.1) is 13.7 Å². The molecule has 5 nitrogen and oxygen atoms in total. The van der Waals surface area contributed by atoms with Crippen molar-refractivity contribution in [2.45, 2.75) is 32.7 Å². The van der Waals surface area contributed by atoms with Crippen LogP contribution in [0.3, 0.4) is 0 Å². The van der Waals surface area contributed by atoms with Gasteiger partial charge < -0.3 is 24.4 Å². The van der Waals surface area contributed by atoms with Gasteiger partial charge in [-0.2, -0.15) is 0 Å². The first-order chi connectivity index (χ1) is 12.5. The Morgan fingerprint density at radius 2 is 1.85 bits per heavy atom. The zero-order chi connectivity index (χ0) is 19.1. The molecule has 2 aromatic rings. The summed E-state index contributed by atoms with van der Waals surface area (Å²) in [5.41, 5.74) is 2.29. The second kappa shape index (κ2) is 9.27. The van der Waals surface area contributed by atoms with Gasteiger partial charge in [-0.05, 0) is 49.2 Å². The maximum absolute atomic E-state index is 9.75. The van der Waals surface area contributed by atoms with Gasteiger partial charge in [-0.15, -0.1) is 0 Å². The number of ether oxygens (including phenoxy) is 3. The number of rotatable bonds is 8. The summed E-state index contributed by atoms with van der Waals surface area (Å²) in [5, 5.41) is 19.1. The number of phenols is 1. The lowest BCUT2D eigenvalue weighted by molar-refractivity contribution is 0.00836. The van der Waals surface area contributed by atoms with Crippen molar-refractivity contribution < 1.29 is 24.4 Å². The van der Waals surface area contributed by atoms with Crippen LogP contribution in [0.15, 0.2) is 42.5 Å². The molecule has 0 amide bonds. The van der Waals surface area contributed by atoms with E-state index in [0.29, 0.717) is 17.1 Å². The summed E-state index contributed by atoms with van der Waals surface area (Å²) in [6.45, 7) is 3.62. The Bertz CT molecular complexity index is 754. The summed E-state index contributed by atoms with van der Waals surface area (Å²) >= 11 is 0. The SMILES string of the molecule is C/C=C/c1ccc(OC(C)C(OC)c2ccc(O)c(CO)c2)c(OC)c1. The Kier molecular flexibility index (Phi) is 7.06. The highest BCUT2D eigenvalue weighted by molar-refractivity contribution is 5.55. The van der Waals surface area contributed by atoms with Gasteiger partial charge in [0.25, 0.3) is 0 Å². The maximum Gasteiger partial charge on any atom is 0.161 e. The Morgan fingerprint density at radius 1 is 1.08 bits per heavy atom. The van der Waals surface area contributed by atoms with Crippen molar-refractivity contribution in [3.63, 3.8) is 0 Å². The van der Waals surface area contributed by atoms with Gasteiger partial charge in [0.15, 0.2) is 11.5 Å². The summed E-state index contributed by atoms with van der Waals surface area (Å²) in [4.78, 5) is 0. The van der Waals surface area contributed by atoms with Gasteiger partial charge in [-0.3, -0.25) is 0 Å². The van der Waals surface area contributed by atoms with Crippen LogP contribution in [0.25, 0.3) is 6.08 Å². The molecule has 140 valence electrons. The highest BCUT2D eigenvalue weighted by Gasteiger charge is 2.23. The van der Waals surface area contributed by atoms with Crippen LogP contribution in [-0.4, -0.2) is 30.5 Å². The Balaban J connectivity index is 2.25. The first kappa shape index (κ1) is 19.8. The average Bonchev–Trinajstić information content (AvgIpc) is 2.65. The summed E-state index contributed by atoms with van der Waals surface area (Å²) < 4.78 is 17.1. The number of aromatic hydroxyl groups is 1. The third-order valence-corrected chi connectivity index (χ3v) is 4.14. The molecule has 0 aliphatic carbocycles.